The molecule has 1 aromatic rings. The predicted octanol–water partition coefficient (Wildman–Crippen LogP) is 2.35. The third-order valence-corrected chi connectivity index (χ3v) is 3.36. The van der Waals surface area contributed by atoms with Crippen molar-refractivity contribution in [2.45, 2.75) is 32.0 Å². The van der Waals surface area contributed by atoms with Crippen molar-refractivity contribution in [2.24, 2.45) is 0 Å². The first-order chi connectivity index (χ1) is 10.1. The third kappa shape index (κ3) is 4.95. The van der Waals surface area contributed by atoms with Crippen LogP contribution in [0.2, 0.25) is 0 Å². The molecule has 1 aliphatic rings. The van der Waals surface area contributed by atoms with Crippen LogP contribution in [0.4, 0.5) is 0 Å². The van der Waals surface area contributed by atoms with Crippen LogP contribution < -0.4 is 0 Å². The maximum Gasteiger partial charge on any atom is 0.338 e. The van der Waals surface area contributed by atoms with Crippen LogP contribution in [0.1, 0.15) is 36.5 Å². The number of Topliss-reactive ketones (excluding diaryl/α,β-unsaturated/α-hetero) is 1. The molecule has 0 aliphatic carbocycles. The highest BCUT2D eigenvalue weighted by Crippen LogP contribution is 2.24. The van der Waals surface area contributed by atoms with Gasteiger partial charge in [0.1, 0.15) is 6.61 Å². The van der Waals surface area contributed by atoms with E-state index in [1.165, 1.54) is 0 Å². The normalized spacial score (nSPS) is 16.6. The smallest absolute Gasteiger partial charge is 0.338 e. The molecule has 5 heteroatoms. The monoisotopic (exact) mass is 292 g/mol. The fraction of sp³-hybridized carbons (Fsp3) is 0.500. The summed E-state index contributed by atoms with van der Waals surface area (Å²) in [5.41, 5.74) is 0.450. The topological polar surface area (TPSA) is 61.8 Å². The summed E-state index contributed by atoms with van der Waals surface area (Å²) in [6, 6.07) is 8.63. The summed E-state index contributed by atoms with van der Waals surface area (Å²) in [6.45, 7) is 2.88. The molecule has 0 atom stereocenters. The summed E-state index contributed by atoms with van der Waals surface area (Å²) in [6.07, 6.45) is 1.66. The summed E-state index contributed by atoms with van der Waals surface area (Å²) in [5.74, 6) is -1.14. The molecule has 114 valence electrons. The van der Waals surface area contributed by atoms with E-state index in [1.807, 2.05) is 13.0 Å². The van der Waals surface area contributed by atoms with Gasteiger partial charge in [-0.05, 0) is 25.5 Å². The third-order valence-electron chi connectivity index (χ3n) is 3.36. The Hall–Kier alpha value is -1.72. The quantitative estimate of drug-likeness (QED) is 0.722. The number of ether oxygens (including phenoxy) is 3. The molecular weight excluding hydrogens is 272 g/mol. The van der Waals surface area contributed by atoms with E-state index in [1.54, 1.807) is 24.3 Å². The van der Waals surface area contributed by atoms with Crippen molar-refractivity contribution in [2.75, 3.05) is 19.8 Å². The number of ketones is 1. The second kappa shape index (κ2) is 7.33. The van der Waals surface area contributed by atoms with Gasteiger partial charge in [0.2, 0.25) is 0 Å². The van der Waals surface area contributed by atoms with Crippen LogP contribution in [0.15, 0.2) is 30.3 Å². The summed E-state index contributed by atoms with van der Waals surface area (Å²) in [4.78, 5) is 23.4. The molecule has 1 aliphatic heterocycles. The Kier molecular flexibility index (Phi) is 5.47. The van der Waals surface area contributed by atoms with E-state index in [0.29, 0.717) is 38.0 Å². The first kappa shape index (κ1) is 15.7. The van der Waals surface area contributed by atoms with Gasteiger partial charge >= 0.3 is 5.97 Å². The van der Waals surface area contributed by atoms with Crippen molar-refractivity contribution in [3.63, 3.8) is 0 Å². The molecular formula is C16H20O5. The molecule has 1 saturated heterocycles. The maximum atomic E-state index is 11.7. The van der Waals surface area contributed by atoms with Crippen molar-refractivity contribution in [3.8, 4) is 0 Å². The molecule has 0 radical (unpaired) electrons. The molecule has 0 aromatic heterocycles. The lowest BCUT2D eigenvalue weighted by molar-refractivity contribution is -0.148. The first-order valence-electron chi connectivity index (χ1n) is 7.11. The molecule has 0 spiro atoms. The highest BCUT2D eigenvalue weighted by Gasteiger charge is 2.30. The maximum absolute atomic E-state index is 11.7. The fourth-order valence-electron chi connectivity index (χ4n) is 2.18. The second-order valence-electron chi connectivity index (χ2n) is 5.17. The van der Waals surface area contributed by atoms with E-state index in [9.17, 15) is 9.59 Å². The van der Waals surface area contributed by atoms with Gasteiger partial charge in [0.05, 0.1) is 18.8 Å². The lowest BCUT2D eigenvalue weighted by atomic mass is 10.1. The standard InChI is InChI=1S/C16H20O5/c1-16(20-10-11-21-16)9-5-8-14(17)12-19-15(18)13-6-3-2-4-7-13/h2-4,6-7H,5,8-12H2,1H3. The predicted molar refractivity (Wildman–Crippen MR) is 75.9 cm³/mol. The van der Waals surface area contributed by atoms with Crippen LogP contribution in [-0.4, -0.2) is 37.4 Å². The number of hydrogen-bond donors (Lipinski definition) is 0. The molecule has 1 aromatic carbocycles. The highest BCUT2D eigenvalue weighted by molar-refractivity contribution is 5.91. The molecule has 0 N–H and O–H groups in total. The lowest BCUT2D eigenvalue weighted by Crippen LogP contribution is -2.25. The Morgan fingerprint density at radius 1 is 1.19 bits per heavy atom. The number of carbonyl (C=O) groups is 2. The van der Waals surface area contributed by atoms with Crippen LogP contribution in [0.3, 0.4) is 0 Å². The average molecular weight is 292 g/mol. The molecule has 2 rings (SSSR count). The van der Waals surface area contributed by atoms with Crippen LogP contribution >= 0.6 is 0 Å². The zero-order chi connectivity index (χ0) is 15.1. The molecule has 0 amide bonds. The van der Waals surface area contributed by atoms with Crippen LogP contribution in [-0.2, 0) is 19.0 Å². The van der Waals surface area contributed by atoms with E-state index in [4.69, 9.17) is 14.2 Å². The summed E-state index contributed by atoms with van der Waals surface area (Å²) >= 11 is 0. The van der Waals surface area contributed by atoms with Gasteiger partial charge in [-0.25, -0.2) is 4.79 Å². The number of benzene rings is 1. The number of rotatable bonds is 7. The number of esters is 1. The van der Waals surface area contributed by atoms with Gasteiger partial charge in [0.15, 0.2) is 11.6 Å². The minimum Gasteiger partial charge on any atom is -0.454 e. The zero-order valence-corrected chi connectivity index (χ0v) is 12.2. The van der Waals surface area contributed by atoms with Crippen molar-refractivity contribution in [3.05, 3.63) is 35.9 Å². The Morgan fingerprint density at radius 2 is 1.86 bits per heavy atom. The van der Waals surface area contributed by atoms with Crippen molar-refractivity contribution >= 4 is 11.8 Å². The SMILES string of the molecule is CC1(CCCC(=O)COC(=O)c2ccccc2)OCCO1. The lowest BCUT2D eigenvalue weighted by Gasteiger charge is -2.21. The Morgan fingerprint density at radius 3 is 2.52 bits per heavy atom. The molecule has 0 bridgehead atoms. The summed E-state index contributed by atoms with van der Waals surface area (Å²) < 4.78 is 15.9. The van der Waals surface area contributed by atoms with Crippen molar-refractivity contribution < 1.29 is 23.8 Å². The fourth-order valence-corrected chi connectivity index (χ4v) is 2.18. The second-order valence-corrected chi connectivity index (χ2v) is 5.17. The van der Waals surface area contributed by atoms with E-state index < -0.39 is 11.8 Å². The highest BCUT2D eigenvalue weighted by atomic mass is 16.7. The number of hydrogen-bond acceptors (Lipinski definition) is 5. The van der Waals surface area contributed by atoms with Crippen LogP contribution in [0.5, 0.6) is 0 Å². The van der Waals surface area contributed by atoms with Crippen molar-refractivity contribution in [1.82, 2.24) is 0 Å². The van der Waals surface area contributed by atoms with Crippen molar-refractivity contribution in [1.29, 1.82) is 0 Å². The molecule has 1 heterocycles. The summed E-state index contributed by atoms with van der Waals surface area (Å²) in [7, 11) is 0. The molecule has 0 unspecified atom stereocenters. The van der Waals surface area contributed by atoms with E-state index in [2.05, 4.69) is 0 Å². The Bertz CT molecular complexity index is 477. The summed E-state index contributed by atoms with van der Waals surface area (Å²) in [5, 5.41) is 0. The van der Waals surface area contributed by atoms with Gasteiger partial charge in [-0.2, -0.15) is 0 Å². The van der Waals surface area contributed by atoms with E-state index >= 15 is 0 Å². The van der Waals surface area contributed by atoms with Crippen LogP contribution in [0.25, 0.3) is 0 Å². The molecule has 5 nitrogen and oxygen atoms in total. The average Bonchev–Trinajstić information content (AvgIpc) is 2.92. The number of carbonyl (C=O) groups excluding carboxylic acids is 2. The van der Waals surface area contributed by atoms with Gasteiger partial charge < -0.3 is 14.2 Å². The first-order valence-corrected chi connectivity index (χ1v) is 7.11. The zero-order valence-electron chi connectivity index (χ0n) is 12.2. The van der Waals surface area contributed by atoms with Gasteiger partial charge in [-0.1, -0.05) is 18.2 Å². The van der Waals surface area contributed by atoms with Crippen LogP contribution in [0, 0.1) is 0 Å². The van der Waals surface area contributed by atoms with Gasteiger partial charge in [0.25, 0.3) is 0 Å². The van der Waals surface area contributed by atoms with E-state index in [-0.39, 0.29) is 12.4 Å². The Balaban J connectivity index is 1.64. The van der Waals surface area contributed by atoms with E-state index in [0.717, 1.165) is 0 Å². The molecule has 21 heavy (non-hydrogen) atoms. The molecule has 1 fully saturated rings. The van der Waals surface area contributed by atoms with Gasteiger partial charge in [0, 0.05) is 12.8 Å². The Labute approximate surface area is 124 Å². The minimum absolute atomic E-state index is 0.0964. The minimum atomic E-state index is -0.568. The molecule has 0 saturated carbocycles. The van der Waals surface area contributed by atoms with Gasteiger partial charge in [-0.3, -0.25) is 4.79 Å². The van der Waals surface area contributed by atoms with Gasteiger partial charge in [-0.15, -0.1) is 0 Å². The largest absolute Gasteiger partial charge is 0.454 e.